The van der Waals surface area contributed by atoms with Gasteiger partial charge < -0.3 is 19.1 Å². The van der Waals surface area contributed by atoms with E-state index in [1.165, 1.54) is 27.6 Å². The van der Waals surface area contributed by atoms with E-state index in [2.05, 4.69) is 194 Å². The van der Waals surface area contributed by atoms with E-state index in [1.54, 1.807) is 0 Å². The Hall–Kier alpha value is -4.86. The fourth-order valence-corrected chi connectivity index (χ4v) is 7.98. The molecular formula is C52H55N4OPt-3. The van der Waals surface area contributed by atoms with Gasteiger partial charge in [-0.25, -0.2) is 4.98 Å². The zero-order valence-corrected chi connectivity index (χ0v) is 38.0. The summed E-state index contributed by atoms with van der Waals surface area (Å²) >= 11 is 0. The maximum absolute atomic E-state index is 6.68. The van der Waals surface area contributed by atoms with Crippen LogP contribution in [0.25, 0.3) is 27.6 Å². The molecule has 8 rings (SSSR count). The van der Waals surface area contributed by atoms with Gasteiger partial charge in [0.05, 0.1) is 0 Å². The molecule has 2 aromatic heterocycles. The minimum atomic E-state index is -0.0599. The molecule has 0 saturated heterocycles. The van der Waals surface area contributed by atoms with E-state index in [1.807, 2.05) is 24.4 Å². The number of anilines is 4. The van der Waals surface area contributed by atoms with Crippen molar-refractivity contribution in [2.24, 2.45) is 5.92 Å². The number of fused-ring (bicyclic) bond motifs is 4. The van der Waals surface area contributed by atoms with E-state index in [9.17, 15) is 0 Å². The Labute approximate surface area is 360 Å². The smallest absolute Gasteiger partial charge is 0.135 e. The van der Waals surface area contributed by atoms with Crippen LogP contribution in [-0.2, 0) is 43.7 Å². The fourth-order valence-electron chi connectivity index (χ4n) is 7.98. The second kappa shape index (κ2) is 15.4. The minimum Gasteiger partial charge on any atom is -0.509 e. The van der Waals surface area contributed by atoms with Gasteiger partial charge in [0.15, 0.2) is 0 Å². The van der Waals surface area contributed by atoms with Gasteiger partial charge >= 0.3 is 0 Å². The fraction of sp³-hybridized carbons (Fsp3) is 0.308. The van der Waals surface area contributed by atoms with Crippen LogP contribution >= 0.6 is 0 Å². The van der Waals surface area contributed by atoms with Gasteiger partial charge in [-0.3, -0.25) is 0 Å². The van der Waals surface area contributed by atoms with Crippen molar-refractivity contribution in [3.8, 4) is 17.3 Å². The molecule has 0 bridgehead atoms. The minimum absolute atomic E-state index is 0. The summed E-state index contributed by atoms with van der Waals surface area (Å²) in [4.78, 5) is 9.46. The summed E-state index contributed by atoms with van der Waals surface area (Å²) < 4.78 is 8.93. The van der Waals surface area contributed by atoms with Crippen molar-refractivity contribution in [1.29, 1.82) is 0 Å². The van der Waals surface area contributed by atoms with Gasteiger partial charge in [0.2, 0.25) is 0 Å². The molecule has 0 N–H and O–H groups in total. The second-order valence-corrected chi connectivity index (χ2v) is 19.1. The summed E-state index contributed by atoms with van der Waals surface area (Å²) in [5.41, 5.74) is 11.4. The Kier molecular flexibility index (Phi) is 11.0. The average Bonchev–Trinajstić information content (AvgIpc) is 3.69. The molecule has 5 nitrogen and oxygen atoms in total. The van der Waals surface area contributed by atoms with E-state index in [0.29, 0.717) is 17.4 Å². The molecule has 58 heavy (non-hydrogen) atoms. The maximum atomic E-state index is 6.68. The summed E-state index contributed by atoms with van der Waals surface area (Å²) in [7, 11) is 0. The van der Waals surface area contributed by atoms with Crippen molar-refractivity contribution in [2.45, 2.75) is 98.8 Å². The molecule has 6 heteroatoms. The molecule has 0 unspecified atom stereocenters. The summed E-state index contributed by atoms with van der Waals surface area (Å²) in [6.45, 7) is 27.1. The van der Waals surface area contributed by atoms with Gasteiger partial charge in [-0.05, 0) is 98.7 Å². The number of hydrogen-bond acceptors (Lipinski definition) is 4. The molecule has 0 aliphatic carbocycles. The quantitative estimate of drug-likeness (QED) is 0.149. The largest absolute Gasteiger partial charge is 0.509 e. The zero-order chi connectivity index (χ0) is 40.4. The third-order valence-corrected chi connectivity index (χ3v) is 11.0. The van der Waals surface area contributed by atoms with Crippen LogP contribution in [0.3, 0.4) is 0 Å². The van der Waals surface area contributed by atoms with Crippen molar-refractivity contribution in [3.05, 3.63) is 150 Å². The summed E-state index contributed by atoms with van der Waals surface area (Å²) in [5.74, 6) is 2.66. The number of pyridine rings is 1. The van der Waals surface area contributed by atoms with Crippen molar-refractivity contribution in [3.63, 3.8) is 0 Å². The molecule has 0 radical (unpaired) electrons. The van der Waals surface area contributed by atoms with Gasteiger partial charge in [0.1, 0.15) is 5.82 Å². The Morgan fingerprint density at radius 3 is 2.10 bits per heavy atom. The van der Waals surface area contributed by atoms with Crippen molar-refractivity contribution in [1.82, 2.24) is 9.55 Å². The van der Waals surface area contributed by atoms with Crippen LogP contribution < -0.4 is 14.5 Å². The summed E-state index contributed by atoms with van der Waals surface area (Å²) in [5, 5.41) is 2.34. The number of aromatic nitrogens is 2. The predicted molar refractivity (Wildman–Crippen MR) is 239 cm³/mol. The van der Waals surface area contributed by atoms with Gasteiger partial charge in [-0.1, -0.05) is 112 Å². The standard InChI is InChI=1S/C52H55N4O.Pt/c1-34(2)27-35-21-24-44-47(28-35)55(33-54(44)38-16-12-15-36(29-38)50(3,4)5)39-17-13-18-40(31-39)57-41-22-23-42-46(32-41)56(48-30-37(25-26-53-48)51(6,7)8)45-20-14-19-43(49(42)45)52(9,10)11;/h12-26,28-30,33-34H,27H2,1-11H3;/q-3;. The van der Waals surface area contributed by atoms with E-state index < -0.39 is 0 Å². The van der Waals surface area contributed by atoms with Gasteiger partial charge in [0, 0.05) is 61.3 Å². The monoisotopic (exact) mass is 946 g/mol. The number of ether oxygens (including phenoxy) is 1. The Morgan fingerprint density at radius 2 is 1.38 bits per heavy atom. The topological polar surface area (TPSA) is 33.5 Å². The predicted octanol–water partition coefficient (Wildman–Crippen LogP) is 14.1. The molecule has 3 heterocycles. The van der Waals surface area contributed by atoms with Crippen LogP contribution in [0.2, 0.25) is 0 Å². The zero-order valence-electron chi connectivity index (χ0n) is 35.8. The second-order valence-electron chi connectivity index (χ2n) is 19.1. The van der Waals surface area contributed by atoms with Crippen LogP contribution in [0, 0.1) is 24.7 Å². The number of nitrogens with zero attached hydrogens (tertiary/aromatic N) is 4. The van der Waals surface area contributed by atoms with Crippen LogP contribution in [-0.4, -0.2) is 9.55 Å². The average molecular weight is 947 g/mol. The van der Waals surface area contributed by atoms with Crippen LogP contribution in [0.5, 0.6) is 11.5 Å². The number of benzene rings is 5. The van der Waals surface area contributed by atoms with Crippen molar-refractivity contribution in [2.75, 3.05) is 9.80 Å². The van der Waals surface area contributed by atoms with Gasteiger partial charge in [0.25, 0.3) is 0 Å². The molecule has 5 aromatic carbocycles. The molecule has 0 amide bonds. The maximum Gasteiger partial charge on any atom is 0.135 e. The van der Waals surface area contributed by atoms with Crippen molar-refractivity contribution >= 4 is 44.6 Å². The molecule has 302 valence electrons. The van der Waals surface area contributed by atoms with Gasteiger partial charge in [-0.2, -0.15) is 12.1 Å². The molecular weight excluding hydrogens is 892 g/mol. The van der Waals surface area contributed by atoms with E-state index in [0.717, 1.165) is 51.4 Å². The van der Waals surface area contributed by atoms with E-state index in [4.69, 9.17) is 9.72 Å². The normalized spacial score (nSPS) is 13.4. The van der Waals surface area contributed by atoms with Crippen LogP contribution in [0.1, 0.15) is 98.4 Å². The van der Waals surface area contributed by atoms with Crippen molar-refractivity contribution < 1.29 is 25.8 Å². The third kappa shape index (κ3) is 7.95. The molecule has 0 fully saturated rings. The molecule has 0 spiro atoms. The number of hydrogen-bond donors (Lipinski definition) is 0. The molecule has 1 aliphatic heterocycles. The van der Waals surface area contributed by atoms with E-state index >= 15 is 0 Å². The first kappa shape index (κ1) is 41.3. The Bertz CT molecular complexity index is 2620. The summed E-state index contributed by atoms with van der Waals surface area (Å²) in [6, 6.07) is 44.3. The first-order chi connectivity index (χ1) is 27.0. The van der Waals surface area contributed by atoms with Gasteiger partial charge in [-0.15, -0.1) is 48.1 Å². The Balaban J connectivity index is 0.00000512. The molecule has 0 saturated carbocycles. The Morgan fingerprint density at radius 1 is 0.672 bits per heavy atom. The first-order valence-corrected chi connectivity index (χ1v) is 20.3. The van der Waals surface area contributed by atoms with Crippen LogP contribution in [0.4, 0.5) is 22.7 Å². The van der Waals surface area contributed by atoms with Crippen LogP contribution in [0.15, 0.2) is 109 Å². The summed E-state index contributed by atoms with van der Waals surface area (Å²) in [6.07, 6.45) is 2.93. The molecule has 0 atom stereocenters. The third-order valence-electron chi connectivity index (χ3n) is 11.0. The molecule has 7 aromatic rings. The SMILES string of the molecule is CC(C)Cc1ccc2c(c1)N(c1[c-]c(Oc3[c-]c4c(cc3)c3c(C(C)(C)C)cccc3n4-c3cc(C(C)(C)C)ccn3)ccc1)[CH-]N2c1cccc(C(C)(C)C)c1.[Pt]. The molecule has 1 aliphatic rings. The van der Waals surface area contributed by atoms with E-state index in [-0.39, 0.29) is 37.3 Å². The first-order valence-electron chi connectivity index (χ1n) is 20.3. The number of rotatable bonds is 7.